The molecule has 1 aromatic heterocycles. The second-order valence-electron chi connectivity index (χ2n) is 11.1. The zero-order valence-corrected chi connectivity index (χ0v) is 24.1. The third-order valence-electron chi connectivity index (χ3n) is 8.07. The maximum absolute atomic E-state index is 13.3. The van der Waals surface area contributed by atoms with Gasteiger partial charge in [-0.05, 0) is 106 Å². The normalized spacial score (nSPS) is 20.2. The van der Waals surface area contributed by atoms with Crippen molar-refractivity contribution in [1.29, 1.82) is 0 Å². The minimum absolute atomic E-state index is 0.104. The highest BCUT2D eigenvalue weighted by molar-refractivity contribution is 7.15. The first-order chi connectivity index (χ1) is 19.4. The van der Waals surface area contributed by atoms with Gasteiger partial charge < -0.3 is 25.8 Å². The van der Waals surface area contributed by atoms with Gasteiger partial charge in [-0.3, -0.25) is 9.59 Å². The number of carbonyl (C=O) groups excluding carboxylic acids is 1. The average molecular weight is 562 g/mol. The van der Waals surface area contributed by atoms with Crippen molar-refractivity contribution in [3.05, 3.63) is 76.2 Å². The summed E-state index contributed by atoms with van der Waals surface area (Å²) in [5.41, 5.74) is 3.73. The number of piperidine rings is 1. The van der Waals surface area contributed by atoms with Crippen molar-refractivity contribution >= 4 is 23.2 Å². The molecule has 1 aliphatic carbocycles. The van der Waals surface area contributed by atoms with Gasteiger partial charge in [0, 0.05) is 27.9 Å². The Hall–Kier alpha value is -3.20. The van der Waals surface area contributed by atoms with E-state index < -0.39 is 5.97 Å². The number of aryl methyl sites for hydroxylation is 1. The molecule has 0 spiro atoms. The van der Waals surface area contributed by atoms with Crippen LogP contribution in [0.4, 0.5) is 0 Å². The van der Waals surface area contributed by atoms with Gasteiger partial charge in [-0.1, -0.05) is 24.3 Å². The lowest BCUT2D eigenvalue weighted by Gasteiger charge is -2.24. The molecule has 3 aromatic rings. The van der Waals surface area contributed by atoms with Gasteiger partial charge in [0.25, 0.3) is 5.91 Å². The van der Waals surface area contributed by atoms with Crippen molar-refractivity contribution in [3.8, 4) is 16.2 Å². The molecule has 1 aliphatic heterocycles. The van der Waals surface area contributed by atoms with E-state index in [1.165, 1.54) is 9.75 Å². The highest BCUT2D eigenvalue weighted by Crippen LogP contribution is 2.31. The molecule has 2 fully saturated rings. The van der Waals surface area contributed by atoms with Crippen molar-refractivity contribution in [2.45, 2.75) is 70.7 Å². The smallest absolute Gasteiger partial charge is 0.306 e. The van der Waals surface area contributed by atoms with E-state index in [2.05, 4.69) is 40.2 Å². The second-order valence-corrected chi connectivity index (χ2v) is 12.2. The van der Waals surface area contributed by atoms with Crippen molar-refractivity contribution in [2.24, 2.45) is 5.92 Å². The Balaban J connectivity index is 1.19. The van der Waals surface area contributed by atoms with E-state index in [9.17, 15) is 14.7 Å². The number of hydrogen-bond acceptors (Lipinski definition) is 6. The van der Waals surface area contributed by atoms with Crippen LogP contribution in [0.5, 0.6) is 5.75 Å². The summed E-state index contributed by atoms with van der Waals surface area (Å²) < 4.78 is 6.17. The molecule has 40 heavy (non-hydrogen) atoms. The molecular formula is C32H39N3O4S. The maximum Gasteiger partial charge on any atom is 0.306 e. The summed E-state index contributed by atoms with van der Waals surface area (Å²) in [5.74, 6) is -0.261. The van der Waals surface area contributed by atoms with Crippen LogP contribution in [-0.4, -0.2) is 42.2 Å². The molecule has 5 rings (SSSR count). The zero-order valence-electron chi connectivity index (χ0n) is 23.2. The molecular weight excluding hydrogens is 522 g/mol. The Kier molecular flexibility index (Phi) is 9.19. The zero-order chi connectivity index (χ0) is 28.1. The first-order valence-corrected chi connectivity index (χ1v) is 15.1. The average Bonchev–Trinajstić information content (AvgIpc) is 3.64. The number of ether oxygens (including phenoxy) is 1. The van der Waals surface area contributed by atoms with Crippen LogP contribution in [0.1, 0.15) is 71.4 Å². The number of aliphatic carboxylic acids is 1. The van der Waals surface area contributed by atoms with Crippen LogP contribution in [0, 0.1) is 12.8 Å². The summed E-state index contributed by atoms with van der Waals surface area (Å²) >= 11 is 1.74. The lowest BCUT2D eigenvalue weighted by molar-refractivity contribution is -0.141. The van der Waals surface area contributed by atoms with E-state index in [1.54, 1.807) is 11.3 Å². The summed E-state index contributed by atoms with van der Waals surface area (Å²) in [6, 6.07) is 18.5. The summed E-state index contributed by atoms with van der Waals surface area (Å²) in [6.45, 7) is 6.62. The molecule has 1 saturated carbocycles. The van der Waals surface area contributed by atoms with Crippen LogP contribution in [0.15, 0.2) is 54.6 Å². The number of hydrogen-bond donors (Lipinski definition) is 4. The first kappa shape index (κ1) is 28.3. The highest BCUT2D eigenvalue weighted by Gasteiger charge is 2.29. The van der Waals surface area contributed by atoms with E-state index in [0.29, 0.717) is 12.0 Å². The van der Waals surface area contributed by atoms with Gasteiger partial charge in [0.05, 0.1) is 12.0 Å². The van der Waals surface area contributed by atoms with E-state index >= 15 is 0 Å². The maximum atomic E-state index is 13.3. The fraction of sp³-hybridized carbons (Fsp3) is 0.438. The summed E-state index contributed by atoms with van der Waals surface area (Å²) in [5, 5.41) is 19.3. The first-order valence-electron chi connectivity index (χ1n) is 14.3. The molecule has 212 valence electrons. The number of benzene rings is 2. The van der Waals surface area contributed by atoms with Crippen LogP contribution in [0.2, 0.25) is 0 Å². The monoisotopic (exact) mass is 561 g/mol. The Bertz CT molecular complexity index is 1330. The van der Waals surface area contributed by atoms with Crippen LogP contribution in [-0.2, 0) is 11.3 Å². The Morgan fingerprint density at radius 3 is 2.67 bits per heavy atom. The number of thiophene rings is 1. The van der Waals surface area contributed by atoms with Crippen LogP contribution >= 0.6 is 11.3 Å². The molecule has 8 heteroatoms. The van der Waals surface area contributed by atoms with E-state index in [4.69, 9.17) is 4.74 Å². The summed E-state index contributed by atoms with van der Waals surface area (Å²) in [4.78, 5) is 26.9. The third kappa shape index (κ3) is 7.11. The van der Waals surface area contributed by atoms with Gasteiger partial charge in [-0.25, -0.2) is 0 Å². The standard InChI is InChI=1S/C32H39N3O4S/c1-20-6-9-27(39-26-12-14-33-15-13-26)18-29(20)31(36)35-21(2)22-4-3-5-23(16-22)30-11-10-28(40-30)19-34-25-8-7-24(17-25)32(37)38/h3-6,9-11,16,18,21,24-26,33-34H,7-8,12-15,17,19H2,1-2H3,(H,35,36)(H,37,38)/t21?,24-,25+/m1/s1. The number of nitrogens with one attached hydrogen (secondary N) is 3. The van der Waals surface area contributed by atoms with Gasteiger partial charge in [-0.15, -0.1) is 11.3 Å². The molecule has 0 radical (unpaired) electrons. The van der Waals surface area contributed by atoms with E-state index in [0.717, 1.165) is 67.8 Å². The van der Waals surface area contributed by atoms with Crippen LogP contribution in [0.3, 0.4) is 0 Å². The third-order valence-corrected chi connectivity index (χ3v) is 9.20. The van der Waals surface area contributed by atoms with Gasteiger partial charge >= 0.3 is 5.97 Å². The number of carboxylic acid groups (broad SMARTS) is 1. The quantitative estimate of drug-likeness (QED) is 0.254. The number of rotatable bonds is 10. The molecule has 1 amide bonds. The topological polar surface area (TPSA) is 99.7 Å². The lowest BCUT2D eigenvalue weighted by atomic mass is 10.0. The largest absolute Gasteiger partial charge is 0.490 e. The molecule has 2 heterocycles. The fourth-order valence-electron chi connectivity index (χ4n) is 5.61. The van der Waals surface area contributed by atoms with E-state index in [1.807, 2.05) is 44.2 Å². The van der Waals surface area contributed by atoms with Crippen molar-refractivity contribution in [2.75, 3.05) is 13.1 Å². The number of carboxylic acids is 1. The SMILES string of the molecule is Cc1ccc(OC2CCNCC2)cc1C(=O)NC(C)c1cccc(-c2ccc(CN[C@H]3CC[C@@H](C(=O)O)C3)s2)c1. The minimum atomic E-state index is -0.682. The Labute approximate surface area is 240 Å². The van der Waals surface area contributed by atoms with Gasteiger partial charge in [0.1, 0.15) is 11.9 Å². The molecule has 0 bridgehead atoms. The number of amides is 1. The van der Waals surface area contributed by atoms with Gasteiger partial charge in [0.2, 0.25) is 0 Å². The summed E-state index contributed by atoms with van der Waals surface area (Å²) in [6.07, 6.45) is 4.49. The molecule has 1 unspecified atom stereocenters. The Morgan fingerprint density at radius 1 is 1.07 bits per heavy atom. The van der Waals surface area contributed by atoms with E-state index in [-0.39, 0.29) is 30.0 Å². The van der Waals surface area contributed by atoms with Crippen LogP contribution in [0.25, 0.3) is 10.4 Å². The van der Waals surface area contributed by atoms with Gasteiger partial charge in [-0.2, -0.15) is 0 Å². The van der Waals surface area contributed by atoms with Crippen LogP contribution < -0.4 is 20.7 Å². The number of carbonyl (C=O) groups is 2. The molecule has 4 N–H and O–H groups in total. The molecule has 7 nitrogen and oxygen atoms in total. The second kappa shape index (κ2) is 13.0. The predicted octanol–water partition coefficient (Wildman–Crippen LogP) is 5.69. The molecule has 2 aliphatic rings. The van der Waals surface area contributed by atoms with Crippen molar-refractivity contribution < 1.29 is 19.4 Å². The van der Waals surface area contributed by atoms with Crippen molar-refractivity contribution in [3.63, 3.8) is 0 Å². The molecule has 2 aromatic carbocycles. The molecule has 3 atom stereocenters. The summed E-state index contributed by atoms with van der Waals surface area (Å²) in [7, 11) is 0. The fourth-order valence-corrected chi connectivity index (χ4v) is 6.56. The van der Waals surface area contributed by atoms with Gasteiger partial charge in [0.15, 0.2) is 0 Å². The molecule has 1 saturated heterocycles. The van der Waals surface area contributed by atoms with Crippen molar-refractivity contribution in [1.82, 2.24) is 16.0 Å². The minimum Gasteiger partial charge on any atom is -0.490 e. The highest BCUT2D eigenvalue weighted by atomic mass is 32.1. The predicted molar refractivity (Wildman–Crippen MR) is 159 cm³/mol. The lowest BCUT2D eigenvalue weighted by Crippen LogP contribution is -2.34. The Morgan fingerprint density at radius 2 is 1.90 bits per heavy atom.